The standard InChI is InChI=1S/C12H14N2OS/c1-8-6-10(15-3)4-5-11(8)14-7-9(2)13-12(14)16/h4-7H,1-3H3,(H,13,16). The second-order valence-electron chi connectivity index (χ2n) is 3.76. The first-order valence-electron chi connectivity index (χ1n) is 5.05. The minimum atomic E-state index is 0.714. The van der Waals surface area contributed by atoms with Gasteiger partial charge in [-0.1, -0.05) is 0 Å². The van der Waals surface area contributed by atoms with Crippen molar-refractivity contribution in [1.29, 1.82) is 0 Å². The van der Waals surface area contributed by atoms with E-state index in [1.165, 1.54) is 0 Å². The van der Waals surface area contributed by atoms with Crippen molar-refractivity contribution in [3.63, 3.8) is 0 Å². The van der Waals surface area contributed by atoms with E-state index < -0.39 is 0 Å². The third kappa shape index (κ3) is 1.88. The Bertz CT molecular complexity index is 569. The molecule has 16 heavy (non-hydrogen) atoms. The van der Waals surface area contributed by atoms with Crippen LogP contribution in [0.1, 0.15) is 11.3 Å². The van der Waals surface area contributed by atoms with Crippen molar-refractivity contribution < 1.29 is 4.74 Å². The monoisotopic (exact) mass is 234 g/mol. The molecule has 3 nitrogen and oxygen atoms in total. The predicted molar refractivity (Wildman–Crippen MR) is 67.0 cm³/mol. The van der Waals surface area contributed by atoms with Gasteiger partial charge in [0.15, 0.2) is 4.77 Å². The van der Waals surface area contributed by atoms with Crippen LogP contribution in [-0.2, 0) is 0 Å². The number of imidazole rings is 1. The highest BCUT2D eigenvalue weighted by atomic mass is 32.1. The maximum atomic E-state index is 5.25. The maximum Gasteiger partial charge on any atom is 0.181 e. The Morgan fingerprint density at radius 1 is 1.31 bits per heavy atom. The van der Waals surface area contributed by atoms with Crippen molar-refractivity contribution in [2.75, 3.05) is 7.11 Å². The minimum absolute atomic E-state index is 0.714. The molecule has 0 bridgehead atoms. The summed E-state index contributed by atoms with van der Waals surface area (Å²) in [6.07, 6.45) is 2.00. The highest BCUT2D eigenvalue weighted by Crippen LogP contribution is 2.20. The van der Waals surface area contributed by atoms with Crippen LogP contribution in [0.25, 0.3) is 5.69 Å². The molecule has 0 saturated heterocycles. The average Bonchev–Trinajstić information content (AvgIpc) is 2.57. The molecule has 0 aliphatic rings. The molecule has 0 spiro atoms. The molecule has 0 radical (unpaired) electrons. The number of aromatic nitrogens is 2. The molecular weight excluding hydrogens is 220 g/mol. The van der Waals surface area contributed by atoms with E-state index >= 15 is 0 Å². The van der Waals surface area contributed by atoms with E-state index in [0.29, 0.717) is 4.77 Å². The SMILES string of the molecule is COc1ccc(-n2cc(C)[nH]c2=S)c(C)c1. The first-order valence-corrected chi connectivity index (χ1v) is 5.46. The minimum Gasteiger partial charge on any atom is -0.497 e. The summed E-state index contributed by atoms with van der Waals surface area (Å²) in [5, 5.41) is 0. The molecule has 0 amide bonds. The highest BCUT2D eigenvalue weighted by Gasteiger charge is 2.04. The normalized spacial score (nSPS) is 10.4. The number of H-pyrrole nitrogens is 1. The van der Waals surface area contributed by atoms with Crippen LogP contribution in [0.4, 0.5) is 0 Å². The zero-order valence-electron chi connectivity index (χ0n) is 9.57. The third-order valence-electron chi connectivity index (χ3n) is 2.51. The lowest BCUT2D eigenvalue weighted by molar-refractivity contribution is 0.414. The number of nitrogens with zero attached hydrogens (tertiary/aromatic N) is 1. The molecule has 0 fully saturated rings. The number of aromatic amines is 1. The van der Waals surface area contributed by atoms with Crippen molar-refractivity contribution in [1.82, 2.24) is 9.55 Å². The van der Waals surface area contributed by atoms with Gasteiger partial charge in [-0.05, 0) is 49.8 Å². The fourth-order valence-electron chi connectivity index (χ4n) is 1.72. The summed E-state index contributed by atoms with van der Waals surface area (Å²) in [7, 11) is 1.67. The number of hydrogen-bond donors (Lipinski definition) is 1. The molecule has 84 valence electrons. The quantitative estimate of drug-likeness (QED) is 0.809. The molecule has 1 N–H and O–H groups in total. The number of rotatable bonds is 2. The molecule has 1 heterocycles. The fraction of sp³-hybridized carbons (Fsp3) is 0.250. The predicted octanol–water partition coefficient (Wildman–Crippen LogP) is 3.16. The molecule has 2 aromatic rings. The van der Waals surface area contributed by atoms with Crippen molar-refractivity contribution >= 4 is 12.2 Å². The van der Waals surface area contributed by atoms with Gasteiger partial charge in [-0.25, -0.2) is 0 Å². The molecule has 1 aromatic heterocycles. The van der Waals surface area contributed by atoms with Gasteiger partial charge in [0.1, 0.15) is 5.75 Å². The van der Waals surface area contributed by atoms with Crippen molar-refractivity contribution in [3.05, 3.63) is 40.4 Å². The van der Waals surface area contributed by atoms with E-state index in [9.17, 15) is 0 Å². The molecule has 1 aromatic carbocycles. The Morgan fingerprint density at radius 3 is 2.56 bits per heavy atom. The van der Waals surface area contributed by atoms with Crippen LogP contribution in [0.15, 0.2) is 24.4 Å². The van der Waals surface area contributed by atoms with Gasteiger partial charge in [-0.2, -0.15) is 0 Å². The molecule has 0 aliphatic carbocycles. The third-order valence-corrected chi connectivity index (χ3v) is 2.81. The van der Waals surface area contributed by atoms with Gasteiger partial charge in [0.2, 0.25) is 0 Å². The number of hydrogen-bond acceptors (Lipinski definition) is 2. The summed E-state index contributed by atoms with van der Waals surface area (Å²) < 4.78 is 7.86. The summed E-state index contributed by atoms with van der Waals surface area (Å²) in [5.41, 5.74) is 3.27. The van der Waals surface area contributed by atoms with Gasteiger partial charge >= 0.3 is 0 Å². The van der Waals surface area contributed by atoms with E-state index in [1.54, 1.807) is 7.11 Å². The zero-order valence-corrected chi connectivity index (χ0v) is 10.4. The summed E-state index contributed by atoms with van der Waals surface area (Å²) in [5.74, 6) is 0.861. The highest BCUT2D eigenvalue weighted by molar-refractivity contribution is 7.71. The molecule has 4 heteroatoms. The lowest BCUT2D eigenvalue weighted by Crippen LogP contribution is -1.96. The van der Waals surface area contributed by atoms with Crippen LogP contribution in [0.3, 0.4) is 0 Å². The van der Waals surface area contributed by atoms with Crippen LogP contribution in [0.5, 0.6) is 5.75 Å². The van der Waals surface area contributed by atoms with E-state index in [-0.39, 0.29) is 0 Å². The number of nitrogens with one attached hydrogen (secondary N) is 1. The molecule has 0 atom stereocenters. The van der Waals surface area contributed by atoms with Gasteiger partial charge in [0.25, 0.3) is 0 Å². The van der Waals surface area contributed by atoms with Crippen LogP contribution >= 0.6 is 12.2 Å². The molecule has 0 unspecified atom stereocenters. The summed E-state index contributed by atoms with van der Waals surface area (Å²) in [6, 6.07) is 5.95. The second kappa shape index (κ2) is 4.14. The number of benzene rings is 1. The first kappa shape index (κ1) is 11.0. The largest absolute Gasteiger partial charge is 0.497 e. The van der Waals surface area contributed by atoms with Crippen LogP contribution in [0.2, 0.25) is 0 Å². The molecule has 0 aliphatic heterocycles. The van der Waals surface area contributed by atoms with Crippen LogP contribution in [-0.4, -0.2) is 16.7 Å². The summed E-state index contributed by atoms with van der Waals surface area (Å²) >= 11 is 5.25. The van der Waals surface area contributed by atoms with Crippen molar-refractivity contribution in [2.24, 2.45) is 0 Å². The Labute approximate surface area is 99.7 Å². The Hall–Kier alpha value is -1.55. The fourth-order valence-corrected chi connectivity index (χ4v) is 2.03. The number of ether oxygens (including phenoxy) is 1. The van der Waals surface area contributed by atoms with E-state index in [1.807, 2.05) is 42.8 Å². The number of methoxy groups -OCH3 is 1. The van der Waals surface area contributed by atoms with E-state index in [0.717, 1.165) is 22.7 Å². The van der Waals surface area contributed by atoms with Crippen LogP contribution in [0, 0.1) is 18.6 Å². The smallest absolute Gasteiger partial charge is 0.181 e. The van der Waals surface area contributed by atoms with Crippen molar-refractivity contribution in [2.45, 2.75) is 13.8 Å². The average molecular weight is 234 g/mol. The van der Waals surface area contributed by atoms with E-state index in [2.05, 4.69) is 4.98 Å². The lowest BCUT2D eigenvalue weighted by atomic mass is 10.2. The van der Waals surface area contributed by atoms with Gasteiger partial charge in [-0.3, -0.25) is 4.57 Å². The summed E-state index contributed by atoms with van der Waals surface area (Å²) in [6.45, 7) is 4.03. The second-order valence-corrected chi connectivity index (χ2v) is 4.15. The van der Waals surface area contributed by atoms with Gasteiger partial charge < -0.3 is 9.72 Å². The number of aryl methyl sites for hydroxylation is 2. The lowest BCUT2D eigenvalue weighted by Gasteiger charge is -2.08. The topological polar surface area (TPSA) is 29.9 Å². The Kier molecular flexibility index (Phi) is 2.83. The Balaban J connectivity index is 2.56. The first-order chi connectivity index (χ1) is 7.61. The van der Waals surface area contributed by atoms with E-state index in [4.69, 9.17) is 17.0 Å². The van der Waals surface area contributed by atoms with Gasteiger partial charge in [-0.15, -0.1) is 0 Å². The zero-order chi connectivity index (χ0) is 11.7. The van der Waals surface area contributed by atoms with Gasteiger partial charge in [0, 0.05) is 11.9 Å². The van der Waals surface area contributed by atoms with Crippen LogP contribution < -0.4 is 4.74 Å². The molecule has 0 saturated carbocycles. The Morgan fingerprint density at radius 2 is 2.06 bits per heavy atom. The van der Waals surface area contributed by atoms with Crippen molar-refractivity contribution in [3.8, 4) is 11.4 Å². The van der Waals surface area contributed by atoms with Gasteiger partial charge in [0.05, 0.1) is 12.8 Å². The molecular formula is C12H14N2OS. The molecule has 2 rings (SSSR count). The summed E-state index contributed by atoms with van der Waals surface area (Å²) in [4.78, 5) is 3.11. The maximum absolute atomic E-state index is 5.25.